The molecule has 3 rings (SSSR count). The van der Waals surface area contributed by atoms with Crippen LogP contribution in [0.25, 0.3) is 11.4 Å². The molecule has 0 fully saturated rings. The van der Waals surface area contributed by atoms with Gasteiger partial charge >= 0.3 is 0 Å². The first-order valence-corrected chi connectivity index (χ1v) is 9.37. The van der Waals surface area contributed by atoms with Gasteiger partial charge in [0.05, 0.1) is 6.04 Å². The summed E-state index contributed by atoms with van der Waals surface area (Å²) in [6.07, 6.45) is 0.596. The summed E-state index contributed by atoms with van der Waals surface area (Å²) < 4.78 is 18.4. The third-order valence-corrected chi connectivity index (χ3v) is 4.56. The van der Waals surface area contributed by atoms with E-state index in [0.29, 0.717) is 18.1 Å². The fraction of sp³-hybridized carbons (Fsp3) is 0.318. The molecule has 146 valence electrons. The molecule has 0 bridgehead atoms. The molecule has 5 nitrogen and oxygen atoms in total. The molecule has 1 atom stereocenters. The molecular formula is C22H24FN3O2. The van der Waals surface area contributed by atoms with E-state index in [1.165, 1.54) is 12.1 Å². The lowest BCUT2D eigenvalue weighted by atomic mass is 9.96. The van der Waals surface area contributed by atoms with Crippen LogP contribution < -0.4 is 5.32 Å². The Morgan fingerprint density at radius 3 is 2.43 bits per heavy atom. The lowest BCUT2D eigenvalue weighted by molar-refractivity contribution is -0.122. The Labute approximate surface area is 164 Å². The molecule has 0 radical (unpaired) electrons. The molecule has 1 N–H and O–H groups in total. The third kappa shape index (κ3) is 5.03. The van der Waals surface area contributed by atoms with Crippen LogP contribution in [0.1, 0.15) is 43.3 Å². The second-order valence-corrected chi connectivity index (χ2v) is 7.22. The van der Waals surface area contributed by atoms with Gasteiger partial charge in [-0.15, -0.1) is 0 Å². The van der Waals surface area contributed by atoms with Crippen LogP contribution in [0, 0.1) is 18.7 Å². The first-order valence-electron chi connectivity index (χ1n) is 9.37. The Kier molecular flexibility index (Phi) is 6.19. The van der Waals surface area contributed by atoms with Crippen LogP contribution in [0.2, 0.25) is 0 Å². The number of benzene rings is 2. The summed E-state index contributed by atoms with van der Waals surface area (Å²) in [5.41, 5.74) is 2.91. The number of amides is 1. The molecule has 1 heterocycles. The van der Waals surface area contributed by atoms with Gasteiger partial charge in [0, 0.05) is 18.4 Å². The largest absolute Gasteiger partial charge is 0.349 e. The topological polar surface area (TPSA) is 68.0 Å². The van der Waals surface area contributed by atoms with E-state index in [1.807, 2.05) is 45.0 Å². The van der Waals surface area contributed by atoms with Gasteiger partial charge in [-0.1, -0.05) is 61.0 Å². The zero-order valence-electron chi connectivity index (χ0n) is 16.3. The number of hydrogen-bond acceptors (Lipinski definition) is 4. The van der Waals surface area contributed by atoms with Crippen molar-refractivity contribution < 1.29 is 13.7 Å². The zero-order valence-corrected chi connectivity index (χ0v) is 16.3. The molecule has 28 heavy (non-hydrogen) atoms. The number of rotatable bonds is 7. The maximum absolute atomic E-state index is 13.2. The summed E-state index contributed by atoms with van der Waals surface area (Å²) >= 11 is 0. The van der Waals surface area contributed by atoms with E-state index in [1.54, 1.807) is 12.1 Å². The Balaban J connectivity index is 1.59. The summed E-state index contributed by atoms with van der Waals surface area (Å²) in [6, 6.07) is 13.9. The van der Waals surface area contributed by atoms with E-state index < -0.39 is 0 Å². The second-order valence-electron chi connectivity index (χ2n) is 7.22. The van der Waals surface area contributed by atoms with E-state index in [2.05, 4.69) is 15.5 Å². The Hall–Kier alpha value is -3.02. The first kappa shape index (κ1) is 19.7. The maximum Gasteiger partial charge on any atom is 0.227 e. The fourth-order valence-electron chi connectivity index (χ4n) is 2.95. The van der Waals surface area contributed by atoms with Crippen LogP contribution in [0.5, 0.6) is 0 Å². The van der Waals surface area contributed by atoms with Crippen LogP contribution >= 0.6 is 0 Å². The van der Waals surface area contributed by atoms with Crippen molar-refractivity contribution in [2.24, 2.45) is 5.92 Å². The van der Waals surface area contributed by atoms with Gasteiger partial charge in [0.1, 0.15) is 5.82 Å². The number of carbonyl (C=O) groups is 1. The van der Waals surface area contributed by atoms with Crippen molar-refractivity contribution in [1.29, 1.82) is 0 Å². The van der Waals surface area contributed by atoms with Crippen molar-refractivity contribution in [3.05, 3.63) is 71.4 Å². The Morgan fingerprint density at radius 2 is 1.79 bits per heavy atom. The quantitative estimate of drug-likeness (QED) is 0.648. The van der Waals surface area contributed by atoms with Crippen molar-refractivity contribution in [3.8, 4) is 11.4 Å². The SMILES string of the molecule is Cc1ccc(-c2noc(CCC(=O)N[C@@H](c3ccc(F)cc3)C(C)C)n2)cc1. The molecule has 1 amide bonds. The zero-order chi connectivity index (χ0) is 20.1. The summed E-state index contributed by atoms with van der Waals surface area (Å²) in [4.78, 5) is 16.8. The molecule has 3 aromatic rings. The van der Waals surface area contributed by atoms with Gasteiger partial charge < -0.3 is 9.84 Å². The molecular weight excluding hydrogens is 357 g/mol. The molecule has 0 aliphatic heterocycles. The summed E-state index contributed by atoms with van der Waals surface area (Å²) in [7, 11) is 0. The number of aromatic nitrogens is 2. The van der Waals surface area contributed by atoms with Crippen LogP contribution in [0.4, 0.5) is 4.39 Å². The highest BCUT2D eigenvalue weighted by Gasteiger charge is 2.19. The predicted octanol–water partition coefficient (Wildman–Crippen LogP) is 4.63. The van der Waals surface area contributed by atoms with E-state index in [9.17, 15) is 9.18 Å². The van der Waals surface area contributed by atoms with Gasteiger partial charge in [-0.2, -0.15) is 4.98 Å². The molecule has 0 spiro atoms. The minimum absolute atomic E-state index is 0.113. The van der Waals surface area contributed by atoms with Crippen LogP contribution in [-0.2, 0) is 11.2 Å². The minimum atomic E-state index is -0.293. The van der Waals surface area contributed by atoms with Gasteiger partial charge in [-0.05, 0) is 30.5 Å². The van der Waals surface area contributed by atoms with Crippen molar-refractivity contribution in [2.45, 2.75) is 39.7 Å². The normalized spacial score (nSPS) is 12.2. The van der Waals surface area contributed by atoms with Gasteiger partial charge in [0.15, 0.2) is 0 Å². The molecule has 0 saturated heterocycles. The molecule has 2 aromatic carbocycles. The molecule has 1 aromatic heterocycles. The Morgan fingerprint density at radius 1 is 1.11 bits per heavy atom. The molecule has 0 aliphatic rings. The summed E-state index contributed by atoms with van der Waals surface area (Å²) in [5, 5.41) is 7.00. The van der Waals surface area contributed by atoms with Gasteiger partial charge in [0.25, 0.3) is 0 Å². The summed E-state index contributed by atoms with van der Waals surface area (Å²) in [6.45, 7) is 6.04. The molecule has 0 aliphatic carbocycles. The van der Waals surface area contributed by atoms with Gasteiger partial charge in [0.2, 0.25) is 17.6 Å². The highest BCUT2D eigenvalue weighted by molar-refractivity contribution is 5.76. The monoisotopic (exact) mass is 381 g/mol. The highest BCUT2D eigenvalue weighted by atomic mass is 19.1. The minimum Gasteiger partial charge on any atom is -0.349 e. The average Bonchev–Trinajstić information content (AvgIpc) is 3.15. The van der Waals surface area contributed by atoms with Crippen LogP contribution in [-0.4, -0.2) is 16.0 Å². The Bertz CT molecular complexity index is 918. The van der Waals surface area contributed by atoms with Crippen LogP contribution in [0.3, 0.4) is 0 Å². The van der Waals surface area contributed by atoms with Crippen molar-refractivity contribution in [3.63, 3.8) is 0 Å². The molecule has 0 unspecified atom stereocenters. The number of aryl methyl sites for hydroxylation is 2. The lowest BCUT2D eigenvalue weighted by Crippen LogP contribution is -2.31. The van der Waals surface area contributed by atoms with Crippen LogP contribution in [0.15, 0.2) is 53.1 Å². The number of nitrogens with zero attached hydrogens (tertiary/aromatic N) is 2. The van der Waals surface area contributed by atoms with E-state index in [0.717, 1.165) is 16.7 Å². The highest BCUT2D eigenvalue weighted by Crippen LogP contribution is 2.22. The number of halogens is 1. The fourth-order valence-corrected chi connectivity index (χ4v) is 2.95. The smallest absolute Gasteiger partial charge is 0.227 e. The predicted molar refractivity (Wildman–Crippen MR) is 105 cm³/mol. The number of nitrogens with one attached hydrogen (secondary N) is 1. The van der Waals surface area contributed by atoms with E-state index in [-0.39, 0.29) is 30.1 Å². The third-order valence-electron chi connectivity index (χ3n) is 4.56. The number of carbonyl (C=O) groups excluding carboxylic acids is 1. The average molecular weight is 381 g/mol. The van der Waals surface area contributed by atoms with Crippen molar-refractivity contribution >= 4 is 5.91 Å². The second kappa shape index (κ2) is 8.78. The molecule has 6 heteroatoms. The molecule has 0 saturated carbocycles. The van der Waals surface area contributed by atoms with E-state index >= 15 is 0 Å². The standard InChI is InChI=1S/C22H24FN3O2/c1-14(2)21(16-8-10-18(23)11-9-16)24-19(27)12-13-20-25-22(26-28-20)17-6-4-15(3)5-7-17/h4-11,14,21H,12-13H2,1-3H3,(H,24,27)/t21-/m1/s1. The lowest BCUT2D eigenvalue weighted by Gasteiger charge is -2.23. The van der Waals surface area contributed by atoms with E-state index in [4.69, 9.17) is 4.52 Å². The van der Waals surface area contributed by atoms with Crippen molar-refractivity contribution in [2.75, 3.05) is 0 Å². The van der Waals surface area contributed by atoms with Gasteiger partial charge in [-0.25, -0.2) is 4.39 Å². The summed E-state index contributed by atoms with van der Waals surface area (Å²) in [5.74, 6) is 0.706. The van der Waals surface area contributed by atoms with Crippen molar-refractivity contribution in [1.82, 2.24) is 15.5 Å². The number of hydrogen-bond donors (Lipinski definition) is 1. The maximum atomic E-state index is 13.2. The van der Waals surface area contributed by atoms with Gasteiger partial charge in [-0.3, -0.25) is 4.79 Å². The first-order chi connectivity index (χ1) is 13.4.